The summed E-state index contributed by atoms with van der Waals surface area (Å²) in [4.78, 5) is -0.0183. The monoisotopic (exact) mass is 274 g/mol. The molecule has 1 aromatic carbocycles. The van der Waals surface area contributed by atoms with Gasteiger partial charge in [0.05, 0.1) is 19.4 Å². The Kier molecular flexibility index (Phi) is 4.94. The molecule has 7 heteroatoms. The molecule has 0 heterocycles. The number of sulfonamides is 1. The van der Waals surface area contributed by atoms with E-state index >= 15 is 0 Å². The molecule has 18 heavy (non-hydrogen) atoms. The second-order valence-electron chi connectivity index (χ2n) is 3.81. The van der Waals surface area contributed by atoms with Gasteiger partial charge in [-0.05, 0) is 18.6 Å². The van der Waals surface area contributed by atoms with E-state index in [2.05, 4.69) is 4.72 Å². The Labute approximate surface area is 107 Å². The van der Waals surface area contributed by atoms with Gasteiger partial charge in [-0.15, -0.1) is 0 Å². The highest BCUT2D eigenvalue weighted by Gasteiger charge is 2.21. The van der Waals surface area contributed by atoms with Crippen LogP contribution in [0.3, 0.4) is 0 Å². The summed E-state index contributed by atoms with van der Waals surface area (Å²) < 4.78 is 31.4. The molecule has 0 radical (unpaired) electrons. The summed E-state index contributed by atoms with van der Waals surface area (Å²) in [7, 11) is -2.26. The molecule has 0 saturated heterocycles. The molecule has 0 bridgehead atoms. The zero-order chi connectivity index (χ0) is 13.8. The first-order chi connectivity index (χ1) is 8.44. The molecule has 6 nitrogen and oxygen atoms in total. The first-order valence-electron chi connectivity index (χ1n) is 5.51. The third-order valence-corrected chi connectivity index (χ3v) is 4.14. The van der Waals surface area contributed by atoms with Gasteiger partial charge >= 0.3 is 0 Å². The largest absolute Gasteiger partial charge is 0.497 e. The van der Waals surface area contributed by atoms with Crippen LogP contribution < -0.4 is 15.2 Å². The minimum Gasteiger partial charge on any atom is -0.497 e. The number of anilines is 1. The van der Waals surface area contributed by atoms with E-state index in [0.717, 1.165) is 0 Å². The second-order valence-corrected chi connectivity index (χ2v) is 5.50. The normalized spacial score (nSPS) is 13.3. The van der Waals surface area contributed by atoms with Crippen LogP contribution in [0.4, 0.5) is 5.69 Å². The van der Waals surface area contributed by atoms with Crippen LogP contribution >= 0.6 is 0 Å². The summed E-state index contributed by atoms with van der Waals surface area (Å²) in [6, 6.07) is 3.82. The summed E-state index contributed by atoms with van der Waals surface area (Å²) in [6.45, 7) is 1.52. The van der Waals surface area contributed by atoms with Crippen molar-refractivity contribution in [2.45, 2.75) is 24.3 Å². The molecule has 0 saturated carbocycles. The number of nitrogen functional groups attached to an aromatic ring is 1. The molecular weight excluding hydrogens is 256 g/mol. The number of aliphatic hydroxyl groups excluding tert-OH is 1. The van der Waals surface area contributed by atoms with Gasteiger partial charge in [0.15, 0.2) is 0 Å². The lowest BCUT2D eigenvalue weighted by atomic mass is 10.3. The fourth-order valence-electron chi connectivity index (χ4n) is 1.43. The van der Waals surface area contributed by atoms with E-state index in [1.165, 1.54) is 25.3 Å². The van der Waals surface area contributed by atoms with Crippen LogP contribution in [0.15, 0.2) is 23.1 Å². The molecule has 1 rings (SSSR count). The van der Waals surface area contributed by atoms with Gasteiger partial charge in [-0.25, -0.2) is 13.1 Å². The number of benzene rings is 1. The Bertz CT molecular complexity index is 498. The van der Waals surface area contributed by atoms with E-state index in [1.807, 2.05) is 0 Å². The molecule has 1 aromatic rings. The Balaban J connectivity index is 3.05. The highest BCUT2D eigenvalue weighted by Crippen LogP contribution is 2.23. The minimum atomic E-state index is -3.73. The maximum absolute atomic E-state index is 12.0. The Morgan fingerprint density at radius 3 is 2.61 bits per heavy atom. The predicted molar refractivity (Wildman–Crippen MR) is 68.9 cm³/mol. The van der Waals surface area contributed by atoms with Gasteiger partial charge < -0.3 is 15.6 Å². The summed E-state index contributed by atoms with van der Waals surface area (Å²) in [5.74, 6) is 0.487. The molecule has 0 spiro atoms. The highest BCUT2D eigenvalue weighted by atomic mass is 32.2. The highest BCUT2D eigenvalue weighted by molar-refractivity contribution is 7.89. The number of hydrogen-bond donors (Lipinski definition) is 3. The molecule has 0 aliphatic rings. The van der Waals surface area contributed by atoms with Crippen LogP contribution in [-0.2, 0) is 10.0 Å². The van der Waals surface area contributed by atoms with Gasteiger partial charge in [-0.3, -0.25) is 0 Å². The van der Waals surface area contributed by atoms with E-state index in [-0.39, 0.29) is 17.2 Å². The number of aliphatic hydroxyl groups is 1. The lowest BCUT2D eigenvalue weighted by Crippen LogP contribution is -2.37. The minimum absolute atomic E-state index is 0.0183. The van der Waals surface area contributed by atoms with E-state index in [4.69, 9.17) is 15.6 Å². The molecule has 0 unspecified atom stereocenters. The molecule has 1 atom stereocenters. The molecule has 0 aliphatic heterocycles. The number of nitrogens with one attached hydrogen (secondary N) is 1. The van der Waals surface area contributed by atoms with Crippen LogP contribution in [0.1, 0.15) is 13.3 Å². The van der Waals surface area contributed by atoms with Gasteiger partial charge in [0, 0.05) is 12.1 Å². The predicted octanol–water partition coefficient (Wildman–Crippen LogP) is 0.327. The topological polar surface area (TPSA) is 102 Å². The van der Waals surface area contributed by atoms with Crippen LogP contribution in [0.25, 0.3) is 0 Å². The number of rotatable bonds is 6. The van der Waals surface area contributed by atoms with Crippen molar-refractivity contribution < 1.29 is 18.3 Å². The van der Waals surface area contributed by atoms with Crippen molar-refractivity contribution in [1.82, 2.24) is 4.72 Å². The van der Waals surface area contributed by atoms with Gasteiger partial charge in [0.2, 0.25) is 10.0 Å². The zero-order valence-electron chi connectivity index (χ0n) is 10.4. The second kappa shape index (κ2) is 6.03. The van der Waals surface area contributed by atoms with Gasteiger partial charge in [0.1, 0.15) is 10.6 Å². The van der Waals surface area contributed by atoms with Crippen LogP contribution in [0.2, 0.25) is 0 Å². The third-order valence-electron chi connectivity index (χ3n) is 2.54. The van der Waals surface area contributed by atoms with E-state index in [0.29, 0.717) is 12.2 Å². The fourth-order valence-corrected chi connectivity index (χ4v) is 2.85. The molecule has 4 N–H and O–H groups in total. The average molecular weight is 274 g/mol. The van der Waals surface area contributed by atoms with Crippen molar-refractivity contribution >= 4 is 15.7 Å². The Morgan fingerprint density at radius 2 is 2.17 bits per heavy atom. The SMILES string of the molecule is CC[C@H](CO)NS(=O)(=O)c1ccc(OC)cc1N. The first kappa shape index (κ1) is 14.7. The maximum atomic E-state index is 12.0. The molecule has 0 amide bonds. The molecular formula is C11H18N2O4S. The number of methoxy groups -OCH3 is 1. The summed E-state index contributed by atoms with van der Waals surface area (Å²) in [6.07, 6.45) is 0.492. The van der Waals surface area contributed by atoms with Gasteiger partial charge in [0.25, 0.3) is 0 Å². The molecule has 0 aromatic heterocycles. The third kappa shape index (κ3) is 3.34. The molecule has 102 valence electrons. The molecule has 0 fully saturated rings. The summed E-state index contributed by atoms with van der Waals surface area (Å²) in [5, 5.41) is 9.01. The van der Waals surface area contributed by atoms with Crippen molar-refractivity contribution in [2.24, 2.45) is 0 Å². The zero-order valence-corrected chi connectivity index (χ0v) is 11.2. The van der Waals surface area contributed by atoms with Gasteiger partial charge in [-0.2, -0.15) is 0 Å². The standard InChI is InChI=1S/C11H18N2O4S/c1-3-8(7-14)13-18(15,16)11-5-4-9(17-2)6-10(11)12/h4-6,8,13-14H,3,7,12H2,1-2H3/t8-/m1/s1. The van der Waals surface area contributed by atoms with Crippen LogP contribution in [-0.4, -0.2) is 33.3 Å². The Morgan fingerprint density at radius 1 is 1.50 bits per heavy atom. The van der Waals surface area contributed by atoms with E-state index in [9.17, 15) is 8.42 Å². The average Bonchev–Trinajstić information content (AvgIpc) is 2.35. The van der Waals surface area contributed by atoms with E-state index in [1.54, 1.807) is 6.92 Å². The first-order valence-corrected chi connectivity index (χ1v) is 6.99. The Hall–Kier alpha value is -1.31. The fraction of sp³-hybridized carbons (Fsp3) is 0.455. The van der Waals surface area contributed by atoms with Gasteiger partial charge in [-0.1, -0.05) is 6.92 Å². The summed E-state index contributed by atoms with van der Waals surface area (Å²) in [5.41, 5.74) is 5.79. The lowest BCUT2D eigenvalue weighted by molar-refractivity contribution is 0.254. The number of hydrogen-bond acceptors (Lipinski definition) is 5. The van der Waals surface area contributed by atoms with Crippen molar-refractivity contribution in [1.29, 1.82) is 0 Å². The van der Waals surface area contributed by atoms with Crippen molar-refractivity contribution in [3.8, 4) is 5.75 Å². The van der Waals surface area contributed by atoms with Crippen molar-refractivity contribution in [3.63, 3.8) is 0 Å². The maximum Gasteiger partial charge on any atom is 0.242 e. The van der Waals surface area contributed by atoms with E-state index < -0.39 is 16.1 Å². The number of nitrogens with two attached hydrogens (primary N) is 1. The molecule has 0 aliphatic carbocycles. The lowest BCUT2D eigenvalue weighted by Gasteiger charge is -2.15. The van der Waals surface area contributed by atoms with Crippen molar-refractivity contribution in [3.05, 3.63) is 18.2 Å². The summed E-state index contributed by atoms with van der Waals surface area (Å²) >= 11 is 0. The number of ether oxygens (including phenoxy) is 1. The van der Waals surface area contributed by atoms with Crippen molar-refractivity contribution in [2.75, 3.05) is 19.5 Å². The smallest absolute Gasteiger partial charge is 0.242 e. The quantitative estimate of drug-likeness (QED) is 0.649. The van der Waals surface area contributed by atoms with Crippen LogP contribution in [0.5, 0.6) is 5.75 Å². The van der Waals surface area contributed by atoms with Crippen LogP contribution in [0, 0.1) is 0 Å².